The van der Waals surface area contributed by atoms with E-state index in [9.17, 15) is 9.50 Å². The number of halogens is 2. The summed E-state index contributed by atoms with van der Waals surface area (Å²) in [6.07, 6.45) is 3.92. The van der Waals surface area contributed by atoms with Gasteiger partial charge < -0.3 is 14.8 Å². The number of hydrogen-bond acceptors (Lipinski definition) is 4. The minimum Gasteiger partial charge on any atom is -0.390 e. The third kappa shape index (κ3) is 2.17. The average Bonchev–Trinajstić information content (AvgIpc) is 2.87. The second-order valence-electron chi connectivity index (χ2n) is 5.14. The van der Waals surface area contributed by atoms with E-state index >= 15 is 0 Å². The van der Waals surface area contributed by atoms with Gasteiger partial charge in [-0.25, -0.2) is 4.39 Å². The van der Waals surface area contributed by atoms with E-state index < -0.39 is 5.72 Å². The number of allylic oxidation sites excluding steroid dienone is 1. The number of aliphatic hydroxyl groups excluding tert-OH is 1. The molecule has 1 aromatic rings. The second-order valence-corrected chi connectivity index (χ2v) is 6.00. The van der Waals surface area contributed by atoms with Crippen LogP contribution in [0.25, 0.3) is 0 Å². The molecule has 1 unspecified atom stereocenters. The van der Waals surface area contributed by atoms with Crippen LogP contribution in [0.4, 0.5) is 4.39 Å². The summed E-state index contributed by atoms with van der Waals surface area (Å²) in [6.45, 7) is 2.44. The fourth-order valence-corrected chi connectivity index (χ4v) is 3.58. The van der Waals surface area contributed by atoms with Gasteiger partial charge in [0, 0.05) is 16.6 Å². The van der Waals surface area contributed by atoms with Gasteiger partial charge in [-0.1, -0.05) is 27.2 Å². The van der Waals surface area contributed by atoms with Gasteiger partial charge in [0.05, 0.1) is 0 Å². The molecule has 2 aliphatic heterocycles. The Labute approximate surface area is 131 Å². The van der Waals surface area contributed by atoms with E-state index in [-0.39, 0.29) is 12.4 Å². The van der Waals surface area contributed by atoms with Crippen LogP contribution in [-0.2, 0) is 10.6 Å². The van der Waals surface area contributed by atoms with Crippen molar-refractivity contribution in [2.45, 2.75) is 25.5 Å². The van der Waals surface area contributed by atoms with E-state index in [1.807, 2.05) is 17.9 Å². The minimum atomic E-state index is -1.09. The summed E-state index contributed by atoms with van der Waals surface area (Å²) in [5.41, 5.74) is 0.689. The predicted molar refractivity (Wildman–Crippen MR) is 81.1 cm³/mol. The van der Waals surface area contributed by atoms with E-state index in [1.54, 1.807) is 6.07 Å². The fourth-order valence-electron chi connectivity index (χ4n) is 2.92. The monoisotopic (exact) mass is 354 g/mol. The van der Waals surface area contributed by atoms with Crippen LogP contribution >= 0.6 is 15.9 Å². The van der Waals surface area contributed by atoms with Crippen molar-refractivity contribution in [1.29, 1.82) is 0 Å². The topological polar surface area (TPSA) is 45.1 Å². The lowest BCUT2D eigenvalue weighted by atomic mass is 9.96. The van der Waals surface area contributed by atoms with Crippen LogP contribution in [-0.4, -0.2) is 29.0 Å². The molecule has 0 aliphatic carbocycles. The second kappa shape index (κ2) is 5.42. The molecule has 1 fully saturated rings. The average molecular weight is 355 g/mol. The van der Waals surface area contributed by atoms with Crippen molar-refractivity contribution < 1.29 is 14.3 Å². The molecule has 1 aromatic carbocycles. The summed E-state index contributed by atoms with van der Waals surface area (Å²) in [5, 5.41) is 14.2. The number of oxime groups is 1. The third-order valence-corrected chi connectivity index (χ3v) is 4.66. The normalized spacial score (nSPS) is 26.6. The standard InChI is InChI=1S/C15H16BrFN2O2/c1-2-10-4-3-7-19-14(10)18-21-15(19,9-20)12-6-5-11(17)8-13(12)16/h2,5-6,8,20H,3-4,7,9H2,1H3/b10-2+. The van der Waals surface area contributed by atoms with Gasteiger partial charge in [-0.05, 0) is 43.5 Å². The number of piperidine rings is 1. The zero-order valence-corrected chi connectivity index (χ0v) is 13.2. The minimum absolute atomic E-state index is 0.263. The molecular weight excluding hydrogens is 339 g/mol. The number of rotatable bonds is 2. The SMILES string of the molecule is C/C=C1\CCCN2C1=NOC2(CO)c1ccc(F)cc1Br. The first-order valence-electron chi connectivity index (χ1n) is 6.88. The maximum Gasteiger partial charge on any atom is 0.261 e. The molecule has 3 rings (SSSR count). The highest BCUT2D eigenvalue weighted by Crippen LogP contribution is 2.42. The van der Waals surface area contributed by atoms with Crippen LogP contribution in [0.1, 0.15) is 25.3 Å². The van der Waals surface area contributed by atoms with Crippen molar-refractivity contribution in [1.82, 2.24) is 4.90 Å². The van der Waals surface area contributed by atoms with Gasteiger partial charge in [-0.15, -0.1) is 0 Å². The van der Waals surface area contributed by atoms with Crippen molar-refractivity contribution in [3.63, 3.8) is 0 Å². The molecule has 6 heteroatoms. The highest BCUT2D eigenvalue weighted by atomic mass is 79.9. The number of nitrogens with zero attached hydrogens (tertiary/aromatic N) is 2. The van der Waals surface area contributed by atoms with Crippen molar-refractivity contribution in [3.05, 3.63) is 45.7 Å². The number of amidine groups is 1. The predicted octanol–water partition coefficient (Wildman–Crippen LogP) is 3.12. The molecule has 21 heavy (non-hydrogen) atoms. The van der Waals surface area contributed by atoms with Crippen LogP contribution in [0.15, 0.2) is 39.5 Å². The lowest BCUT2D eigenvalue weighted by molar-refractivity contribution is -0.137. The highest BCUT2D eigenvalue weighted by Gasteiger charge is 2.50. The van der Waals surface area contributed by atoms with Gasteiger partial charge in [0.2, 0.25) is 0 Å². The summed E-state index contributed by atoms with van der Waals surface area (Å²) in [4.78, 5) is 7.61. The lowest BCUT2D eigenvalue weighted by Crippen LogP contribution is -2.51. The Kier molecular flexibility index (Phi) is 3.75. The molecule has 1 N–H and O–H groups in total. The molecule has 0 aromatic heterocycles. The quantitative estimate of drug-likeness (QED) is 0.887. The number of fused-ring (bicyclic) bond motifs is 1. The highest BCUT2D eigenvalue weighted by molar-refractivity contribution is 9.10. The maximum absolute atomic E-state index is 13.3. The zero-order chi connectivity index (χ0) is 15.0. The summed E-state index contributed by atoms with van der Waals surface area (Å²) in [5.74, 6) is 0.416. The lowest BCUT2D eigenvalue weighted by Gasteiger charge is -2.39. The molecule has 2 aliphatic rings. The van der Waals surface area contributed by atoms with Crippen molar-refractivity contribution >= 4 is 21.8 Å². The van der Waals surface area contributed by atoms with Gasteiger partial charge in [0.1, 0.15) is 12.4 Å². The molecule has 0 saturated carbocycles. The van der Waals surface area contributed by atoms with Crippen LogP contribution in [0, 0.1) is 5.82 Å². The first-order chi connectivity index (χ1) is 10.1. The Morgan fingerprint density at radius 3 is 3.05 bits per heavy atom. The maximum atomic E-state index is 13.3. The molecule has 2 heterocycles. The first kappa shape index (κ1) is 14.5. The van der Waals surface area contributed by atoms with E-state index in [2.05, 4.69) is 21.1 Å². The summed E-state index contributed by atoms with van der Waals surface area (Å²) < 4.78 is 13.9. The van der Waals surface area contributed by atoms with Crippen LogP contribution in [0.2, 0.25) is 0 Å². The van der Waals surface area contributed by atoms with Crippen LogP contribution in [0.3, 0.4) is 0 Å². The van der Waals surface area contributed by atoms with Gasteiger partial charge in [-0.3, -0.25) is 0 Å². The van der Waals surface area contributed by atoms with Gasteiger partial charge in [0.15, 0.2) is 5.84 Å². The number of aliphatic hydroxyl groups is 1. The molecule has 4 nitrogen and oxygen atoms in total. The molecule has 0 radical (unpaired) electrons. The molecule has 112 valence electrons. The van der Waals surface area contributed by atoms with E-state index in [1.165, 1.54) is 12.1 Å². The molecule has 1 atom stereocenters. The summed E-state index contributed by atoms with van der Waals surface area (Å²) >= 11 is 3.36. The Balaban J connectivity index is 2.07. The Morgan fingerprint density at radius 2 is 2.38 bits per heavy atom. The van der Waals surface area contributed by atoms with Gasteiger partial charge in [-0.2, -0.15) is 0 Å². The molecule has 1 saturated heterocycles. The Hall–Kier alpha value is -1.40. The molecule has 0 spiro atoms. The Morgan fingerprint density at radius 1 is 1.57 bits per heavy atom. The zero-order valence-electron chi connectivity index (χ0n) is 11.6. The van der Waals surface area contributed by atoms with Crippen LogP contribution in [0.5, 0.6) is 0 Å². The smallest absolute Gasteiger partial charge is 0.261 e. The molecule has 0 amide bonds. The van der Waals surface area contributed by atoms with Crippen molar-refractivity contribution in [3.8, 4) is 0 Å². The largest absolute Gasteiger partial charge is 0.390 e. The molecule has 0 bridgehead atoms. The van der Waals surface area contributed by atoms with Crippen molar-refractivity contribution in [2.75, 3.05) is 13.2 Å². The van der Waals surface area contributed by atoms with E-state index in [0.717, 1.165) is 30.8 Å². The fraction of sp³-hybridized carbons (Fsp3) is 0.400. The van der Waals surface area contributed by atoms with E-state index in [0.29, 0.717) is 10.0 Å². The first-order valence-corrected chi connectivity index (χ1v) is 7.67. The van der Waals surface area contributed by atoms with Gasteiger partial charge >= 0.3 is 0 Å². The van der Waals surface area contributed by atoms with Crippen molar-refractivity contribution in [2.24, 2.45) is 5.16 Å². The number of hydrogen-bond donors (Lipinski definition) is 1. The van der Waals surface area contributed by atoms with Crippen LogP contribution < -0.4 is 0 Å². The Bertz CT molecular complexity index is 632. The number of benzene rings is 1. The van der Waals surface area contributed by atoms with E-state index in [4.69, 9.17) is 4.84 Å². The van der Waals surface area contributed by atoms with Gasteiger partial charge in [0.25, 0.3) is 5.72 Å². The summed E-state index contributed by atoms with van der Waals surface area (Å²) in [7, 11) is 0. The summed E-state index contributed by atoms with van der Waals surface area (Å²) in [6, 6.07) is 4.35. The molecular formula is C15H16BrFN2O2. The third-order valence-electron chi connectivity index (χ3n) is 4.00.